The number of aliphatic carboxylic acids is 1. The van der Waals surface area contributed by atoms with Gasteiger partial charge in [0.1, 0.15) is 12.5 Å². The minimum absolute atomic E-state index is 0.0674. The summed E-state index contributed by atoms with van der Waals surface area (Å²) in [4.78, 5) is 23.7. The summed E-state index contributed by atoms with van der Waals surface area (Å²) < 4.78 is 4.82. The molecule has 1 atom stereocenters. The molecule has 1 N–H and O–H groups in total. The fourth-order valence-corrected chi connectivity index (χ4v) is 1.85. The molecule has 0 aliphatic carbocycles. The first-order valence-electron chi connectivity index (χ1n) is 5.01. The lowest BCUT2D eigenvalue weighted by Crippen LogP contribution is -2.46. The van der Waals surface area contributed by atoms with E-state index in [4.69, 9.17) is 21.4 Å². The van der Waals surface area contributed by atoms with E-state index in [2.05, 4.69) is 0 Å². The van der Waals surface area contributed by atoms with Crippen LogP contribution in [0, 0.1) is 5.92 Å². The molecular weight excluding hydrogens is 246 g/mol. The van der Waals surface area contributed by atoms with Crippen LogP contribution < -0.4 is 4.90 Å². The Morgan fingerprint density at radius 3 is 2.82 bits per heavy atom. The van der Waals surface area contributed by atoms with Crippen LogP contribution >= 0.6 is 11.6 Å². The molecule has 6 heteroatoms. The van der Waals surface area contributed by atoms with Gasteiger partial charge in [-0.3, -0.25) is 9.69 Å². The lowest BCUT2D eigenvalue weighted by Gasteiger charge is -2.30. The number of anilines is 1. The monoisotopic (exact) mass is 255 g/mol. The number of carbonyl (C=O) groups excluding carboxylic acids is 1. The summed E-state index contributed by atoms with van der Waals surface area (Å²) in [6.07, 6.45) is -0.574. The molecule has 1 aromatic carbocycles. The van der Waals surface area contributed by atoms with Crippen molar-refractivity contribution in [1.82, 2.24) is 0 Å². The van der Waals surface area contributed by atoms with Gasteiger partial charge in [-0.1, -0.05) is 23.7 Å². The maximum atomic E-state index is 11.6. The zero-order chi connectivity index (χ0) is 12.4. The van der Waals surface area contributed by atoms with Crippen LogP contribution in [0.4, 0.5) is 10.5 Å². The fourth-order valence-electron chi connectivity index (χ4n) is 1.61. The summed E-state index contributed by atoms with van der Waals surface area (Å²) in [7, 11) is 0. The van der Waals surface area contributed by atoms with Gasteiger partial charge >= 0.3 is 12.1 Å². The van der Waals surface area contributed by atoms with E-state index in [0.717, 1.165) is 0 Å². The molecule has 0 bridgehead atoms. The molecule has 1 amide bonds. The van der Waals surface area contributed by atoms with Crippen LogP contribution in [0.1, 0.15) is 0 Å². The second-order valence-corrected chi connectivity index (χ2v) is 4.08. The van der Waals surface area contributed by atoms with E-state index in [1.54, 1.807) is 24.3 Å². The molecule has 1 heterocycles. The predicted octanol–water partition coefficient (Wildman–Crippen LogP) is 2.00. The summed E-state index contributed by atoms with van der Waals surface area (Å²) in [5.41, 5.74) is 0.463. The van der Waals surface area contributed by atoms with E-state index in [-0.39, 0.29) is 13.2 Å². The van der Waals surface area contributed by atoms with E-state index in [1.165, 1.54) is 4.90 Å². The lowest BCUT2D eigenvalue weighted by molar-refractivity contribution is -0.143. The molecule has 1 fully saturated rings. The van der Waals surface area contributed by atoms with Gasteiger partial charge in [-0.2, -0.15) is 0 Å². The summed E-state index contributed by atoms with van der Waals surface area (Å²) in [5.74, 6) is -1.72. The van der Waals surface area contributed by atoms with Gasteiger partial charge in [0.15, 0.2) is 0 Å². The number of cyclic esters (lactones) is 1. The second kappa shape index (κ2) is 4.63. The van der Waals surface area contributed by atoms with Gasteiger partial charge in [0.2, 0.25) is 0 Å². The SMILES string of the molecule is O=C(O)C1COC(=O)N(c2ccccc2Cl)C1. The quantitative estimate of drug-likeness (QED) is 0.878. The maximum Gasteiger partial charge on any atom is 0.414 e. The number of hydrogen-bond acceptors (Lipinski definition) is 3. The molecule has 1 aromatic rings. The van der Waals surface area contributed by atoms with Gasteiger partial charge in [0.25, 0.3) is 0 Å². The largest absolute Gasteiger partial charge is 0.481 e. The molecule has 1 aliphatic heterocycles. The van der Waals surface area contributed by atoms with Crippen molar-refractivity contribution in [1.29, 1.82) is 0 Å². The van der Waals surface area contributed by atoms with Gasteiger partial charge in [0, 0.05) is 6.54 Å². The Balaban J connectivity index is 2.27. The number of benzene rings is 1. The highest BCUT2D eigenvalue weighted by atomic mass is 35.5. The Labute approximate surface area is 103 Å². The van der Waals surface area contributed by atoms with Crippen LogP contribution in [-0.2, 0) is 9.53 Å². The predicted molar refractivity (Wildman–Crippen MR) is 61.3 cm³/mol. The van der Waals surface area contributed by atoms with Crippen LogP contribution in [0.5, 0.6) is 0 Å². The third-order valence-electron chi connectivity index (χ3n) is 2.52. The molecule has 17 heavy (non-hydrogen) atoms. The Kier molecular flexibility index (Phi) is 3.19. The number of amides is 1. The van der Waals surface area contributed by atoms with E-state index >= 15 is 0 Å². The number of carboxylic acid groups (broad SMARTS) is 1. The van der Waals surface area contributed by atoms with E-state index in [0.29, 0.717) is 10.7 Å². The number of carbonyl (C=O) groups is 2. The van der Waals surface area contributed by atoms with Crippen LogP contribution in [0.3, 0.4) is 0 Å². The zero-order valence-electron chi connectivity index (χ0n) is 8.80. The average molecular weight is 256 g/mol. The number of para-hydroxylation sites is 1. The third-order valence-corrected chi connectivity index (χ3v) is 2.84. The van der Waals surface area contributed by atoms with Crippen LogP contribution in [0.2, 0.25) is 5.02 Å². The smallest absolute Gasteiger partial charge is 0.414 e. The molecule has 0 saturated carbocycles. The highest BCUT2D eigenvalue weighted by Crippen LogP contribution is 2.28. The van der Waals surface area contributed by atoms with Crippen molar-refractivity contribution in [2.24, 2.45) is 5.92 Å². The summed E-state index contributed by atoms with van der Waals surface area (Å²) in [5, 5.41) is 9.29. The first-order valence-corrected chi connectivity index (χ1v) is 5.39. The number of nitrogens with zero attached hydrogens (tertiary/aromatic N) is 1. The first kappa shape index (κ1) is 11.7. The number of ether oxygens (including phenoxy) is 1. The van der Waals surface area contributed by atoms with Gasteiger partial charge in [-0.05, 0) is 12.1 Å². The van der Waals surface area contributed by atoms with Crippen LogP contribution in [0.15, 0.2) is 24.3 Å². The Morgan fingerprint density at radius 2 is 2.18 bits per heavy atom. The number of rotatable bonds is 2. The minimum atomic E-state index is -0.991. The molecule has 1 saturated heterocycles. The van der Waals surface area contributed by atoms with Crippen molar-refractivity contribution in [3.05, 3.63) is 29.3 Å². The number of carboxylic acids is 1. The van der Waals surface area contributed by atoms with Crippen molar-refractivity contribution in [2.45, 2.75) is 0 Å². The molecule has 0 radical (unpaired) electrons. The van der Waals surface area contributed by atoms with Crippen LogP contribution in [-0.4, -0.2) is 30.3 Å². The normalized spacial score (nSPS) is 19.9. The standard InChI is InChI=1S/C11H10ClNO4/c12-8-3-1-2-4-9(8)13-5-7(10(14)15)6-17-11(13)16/h1-4,7H,5-6H2,(H,14,15). The maximum absolute atomic E-state index is 11.6. The number of halogens is 1. The first-order chi connectivity index (χ1) is 8.09. The Morgan fingerprint density at radius 1 is 1.47 bits per heavy atom. The molecule has 5 nitrogen and oxygen atoms in total. The third kappa shape index (κ3) is 2.34. The minimum Gasteiger partial charge on any atom is -0.481 e. The fraction of sp³-hybridized carbons (Fsp3) is 0.273. The molecule has 90 valence electrons. The zero-order valence-corrected chi connectivity index (χ0v) is 9.55. The van der Waals surface area contributed by atoms with Crippen molar-refractivity contribution >= 4 is 29.4 Å². The van der Waals surface area contributed by atoms with Gasteiger partial charge in [-0.25, -0.2) is 4.79 Å². The summed E-state index contributed by atoms with van der Waals surface area (Å²) in [6.45, 7) is -0.0347. The van der Waals surface area contributed by atoms with E-state index in [1.807, 2.05) is 0 Å². The molecule has 0 aromatic heterocycles. The van der Waals surface area contributed by atoms with Crippen molar-refractivity contribution in [2.75, 3.05) is 18.1 Å². The second-order valence-electron chi connectivity index (χ2n) is 3.67. The topological polar surface area (TPSA) is 66.8 Å². The van der Waals surface area contributed by atoms with Crippen molar-refractivity contribution in [3.8, 4) is 0 Å². The lowest BCUT2D eigenvalue weighted by atomic mass is 10.1. The highest BCUT2D eigenvalue weighted by molar-refractivity contribution is 6.33. The van der Waals surface area contributed by atoms with E-state index < -0.39 is 18.0 Å². The molecule has 0 spiro atoms. The van der Waals surface area contributed by atoms with Gasteiger partial charge in [-0.15, -0.1) is 0 Å². The molecule has 2 rings (SSSR count). The average Bonchev–Trinajstić information content (AvgIpc) is 2.30. The summed E-state index contributed by atoms with van der Waals surface area (Å²) >= 11 is 5.95. The van der Waals surface area contributed by atoms with E-state index in [9.17, 15) is 9.59 Å². The highest BCUT2D eigenvalue weighted by Gasteiger charge is 2.33. The summed E-state index contributed by atoms with van der Waals surface area (Å²) in [6, 6.07) is 6.73. The van der Waals surface area contributed by atoms with Gasteiger partial charge in [0.05, 0.1) is 10.7 Å². The van der Waals surface area contributed by atoms with Crippen LogP contribution in [0.25, 0.3) is 0 Å². The molecular formula is C11H10ClNO4. The van der Waals surface area contributed by atoms with Crippen molar-refractivity contribution < 1.29 is 19.4 Å². The number of hydrogen-bond donors (Lipinski definition) is 1. The Hall–Kier alpha value is -1.75. The Bertz CT molecular complexity index is 463. The van der Waals surface area contributed by atoms with Gasteiger partial charge < -0.3 is 9.84 Å². The molecule has 1 unspecified atom stereocenters. The van der Waals surface area contributed by atoms with Crippen molar-refractivity contribution in [3.63, 3.8) is 0 Å². The molecule has 1 aliphatic rings.